The second-order valence-corrected chi connectivity index (χ2v) is 6.36. The van der Waals surface area contributed by atoms with Crippen LogP contribution in [0.25, 0.3) is 0 Å². The Morgan fingerprint density at radius 2 is 2.05 bits per heavy atom. The SMILES string of the molecule is CC(CC#N)N(C)S(=O)(=O)c1ccc(C#N)cc1Cl. The van der Waals surface area contributed by atoms with Crippen molar-refractivity contribution >= 4 is 21.6 Å². The first-order valence-electron chi connectivity index (χ1n) is 5.39. The minimum atomic E-state index is -3.78. The van der Waals surface area contributed by atoms with Crippen LogP contribution in [0, 0.1) is 22.7 Å². The third-order valence-corrected chi connectivity index (χ3v) is 5.18. The monoisotopic (exact) mass is 297 g/mol. The molecule has 1 atom stereocenters. The fourth-order valence-electron chi connectivity index (χ4n) is 1.43. The summed E-state index contributed by atoms with van der Waals surface area (Å²) in [5, 5.41) is 17.3. The van der Waals surface area contributed by atoms with Gasteiger partial charge in [0.2, 0.25) is 10.0 Å². The molecular weight excluding hydrogens is 286 g/mol. The molecule has 0 aliphatic heterocycles. The van der Waals surface area contributed by atoms with Crippen molar-refractivity contribution in [3.63, 3.8) is 0 Å². The Labute approximate surface area is 117 Å². The lowest BCUT2D eigenvalue weighted by Crippen LogP contribution is -2.35. The molecule has 0 heterocycles. The normalized spacial score (nSPS) is 12.7. The summed E-state index contributed by atoms with van der Waals surface area (Å²) in [4.78, 5) is -0.0690. The quantitative estimate of drug-likeness (QED) is 0.852. The van der Waals surface area contributed by atoms with E-state index in [1.807, 2.05) is 12.1 Å². The van der Waals surface area contributed by atoms with Crippen LogP contribution in [-0.4, -0.2) is 25.8 Å². The number of benzene rings is 1. The topological polar surface area (TPSA) is 85.0 Å². The second-order valence-electron chi connectivity index (χ2n) is 3.99. The van der Waals surface area contributed by atoms with E-state index in [9.17, 15) is 8.42 Å². The van der Waals surface area contributed by atoms with Crippen LogP contribution in [-0.2, 0) is 10.0 Å². The maximum atomic E-state index is 12.3. The average Bonchev–Trinajstić information content (AvgIpc) is 2.37. The van der Waals surface area contributed by atoms with E-state index in [-0.39, 0.29) is 21.9 Å². The summed E-state index contributed by atoms with van der Waals surface area (Å²) in [6.07, 6.45) is 0.0869. The van der Waals surface area contributed by atoms with E-state index in [2.05, 4.69) is 0 Å². The van der Waals surface area contributed by atoms with Gasteiger partial charge < -0.3 is 0 Å². The number of rotatable bonds is 4. The van der Waals surface area contributed by atoms with Gasteiger partial charge in [0.15, 0.2) is 0 Å². The van der Waals surface area contributed by atoms with Crippen LogP contribution in [0.15, 0.2) is 23.1 Å². The molecule has 19 heavy (non-hydrogen) atoms. The Balaban J connectivity index is 3.22. The van der Waals surface area contributed by atoms with Gasteiger partial charge in [-0.2, -0.15) is 14.8 Å². The molecular formula is C12H12ClN3O2S. The first-order valence-corrected chi connectivity index (χ1v) is 7.21. The van der Waals surface area contributed by atoms with E-state index in [4.69, 9.17) is 22.1 Å². The highest BCUT2D eigenvalue weighted by Gasteiger charge is 2.27. The highest BCUT2D eigenvalue weighted by atomic mass is 35.5. The van der Waals surface area contributed by atoms with Crippen LogP contribution in [0.5, 0.6) is 0 Å². The minimum absolute atomic E-state index is 0.00458. The van der Waals surface area contributed by atoms with Crippen LogP contribution in [0.2, 0.25) is 5.02 Å². The van der Waals surface area contributed by atoms with Gasteiger partial charge in [-0.25, -0.2) is 8.42 Å². The lowest BCUT2D eigenvalue weighted by Gasteiger charge is -2.22. The maximum Gasteiger partial charge on any atom is 0.244 e. The largest absolute Gasteiger partial charge is 0.244 e. The van der Waals surface area contributed by atoms with Crippen LogP contribution in [0.3, 0.4) is 0 Å². The third-order valence-electron chi connectivity index (χ3n) is 2.73. The summed E-state index contributed by atoms with van der Waals surface area (Å²) in [7, 11) is -2.38. The molecule has 0 N–H and O–H groups in total. The Hall–Kier alpha value is -1.60. The zero-order valence-corrected chi connectivity index (χ0v) is 12.0. The Bertz CT molecular complexity index is 659. The first kappa shape index (κ1) is 15.5. The Kier molecular flexibility index (Phi) is 4.90. The van der Waals surface area contributed by atoms with E-state index in [0.29, 0.717) is 0 Å². The third kappa shape index (κ3) is 3.24. The molecule has 0 amide bonds. The lowest BCUT2D eigenvalue weighted by atomic mass is 10.2. The first-order chi connectivity index (χ1) is 8.84. The number of halogens is 1. The molecule has 1 aromatic carbocycles. The molecule has 1 unspecified atom stereocenters. The molecule has 0 aliphatic carbocycles. The van der Waals surface area contributed by atoms with Gasteiger partial charge in [-0.1, -0.05) is 11.6 Å². The summed E-state index contributed by atoms with van der Waals surface area (Å²) in [6.45, 7) is 1.64. The molecule has 0 bridgehead atoms. The maximum absolute atomic E-state index is 12.3. The zero-order valence-electron chi connectivity index (χ0n) is 10.5. The lowest BCUT2D eigenvalue weighted by molar-refractivity contribution is 0.393. The van der Waals surface area contributed by atoms with Gasteiger partial charge in [-0.3, -0.25) is 0 Å². The minimum Gasteiger partial charge on any atom is -0.207 e. The van der Waals surface area contributed by atoms with E-state index >= 15 is 0 Å². The van der Waals surface area contributed by atoms with Crippen molar-refractivity contribution in [2.45, 2.75) is 24.3 Å². The predicted octanol–water partition coefficient (Wildman–Crippen LogP) is 2.13. The van der Waals surface area contributed by atoms with Crippen LogP contribution in [0.4, 0.5) is 0 Å². The molecule has 0 aliphatic rings. The van der Waals surface area contributed by atoms with Gasteiger partial charge in [-0.15, -0.1) is 0 Å². The van der Waals surface area contributed by atoms with E-state index < -0.39 is 16.1 Å². The Morgan fingerprint density at radius 3 is 2.53 bits per heavy atom. The van der Waals surface area contributed by atoms with Gasteiger partial charge in [-0.05, 0) is 25.1 Å². The fraction of sp³-hybridized carbons (Fsp3) is 0.333. The Morgan fingerprint density at radius 1 is 1.42 bits per heavy atom. The summed E-state index contributed by atoms with van der Waals surface area (Å²) in [5.74, 6) is 0. The van der Waals surface area contributed by atoms with E-state index in [1.54, 1.807) is 6.92 Å². The van der Waals surface area contributed by atoms with Crippen LogP contribution >= 0.6 is 11.6 Å². The van der Waals surface area contributed by atoms with Crippen molar-refractivity contribution in [3.8, 4) is 12.1 Å². The van der Waals surface area contributed by atoms with Gasteiger partial charge in [0, 0.05) is 13.1 Å². The molecule has 7 heteroatoms. The summed E-state index contributed by atoms with van der Waals surface area (Å²) >= 11 is 5.90. The van der Waals surface area contributed by atoms with Crippen molar-refractivity contribution in [3.05, 3.63) is 28.8 Å². The average molecular weight is 298 g/mol. The highest BCUT2D eigenvalue weighted by molar-refractivity contribution is 7.89. The van der Waals surface area contributed by atoms with Gasteiger partial charge in [0.25, 0.3) is 0 Å². The van der Waals surface area contributed by atoms with Crippen LogP contribution in [0.1, 0.15) is 18.9 Å². The predicted molar refractivity (Wildman–Crippen MR) is 70.8 cm³/mol. The van der Waals surface area contributed by atoms with Gasteiger partial charge >= 0.3 is 0 Å². The van der Waals surface area contributed by atoms with Crippen molar-refractivity contribution < 1.29 is 8.42 Å². The van der Waals surface area contributed by atoms with E-state index in [1.165, 1.54) is 25.2 Å². The number of nitrogens with zero attached hydrogens (tertiary/aromatic N) is 3. The smallest absolute Gasteiger partial charge is 0.207 e. The summed E-state index contributed by atoms with van der Waals surface area (Å²) in [5.41, 5.74) is 0.289. The molecule has 0 saturated heterocycles. The number of hydrogen-bond donors (Lipinski definition) is 0. The molecule has 0 radical (unpaired) electrons. The molecule has 1 rings (SSSR count). The summed E-state index contributed by atoms with van der Waals surface area (Å²) < 4.78 is 25.7. The standard InChI is InChI=1S/C12H12ClN3O2S/c1-9(5-6-14)16(2)19(17,18)12-4-3-10(8-15)7-11(12)13/h3-4,7,9H,5H2,1-2H3. The van der Waals surface area contributed by atoms with Crippen molar-refractivity contribution in [1.82, 2.24) is 4.31 Å². The molecule has 100 valence electrons. The molecule has 0 saturated carbocycles. The number of sulfonamides is 1. The highest BCUT2D eigenvalue weighted by Crippen LogP contribution is 2.26. The van der Waals surface area contributed by atoms with E-state index in [0.717, 1.165) is 4.31 Å². The van der Waals surface area contributed by atoms with Crippen molar-refractivity contribution in [1.29, 1.82) is 10.5 Å². The molecule has 5 nitrogen and oxygen atoms in total. The zero-order chi connectivity index (χ0) is 14.6. The van der Waals surface area contributed by atoms with Crippen LogP contribution < -0.4 is 0 Å². The fourth-order valence-corrected chi connectivity index (χ4v) is 3.31. The number of nitriles is 2. The summed E-state index contributed by atoms with van der Waals surface area (Å²) in [6, 6.07) is 7.34. The molecule has 0 spiro atoms. The van der Waals surface area contributed by atoms with Crippen molar-refractivity contribution in [2.75, 3.05) is 7.05 Å². The molecule has 0 aromatic heterocycles. The molecule has 0 fully saturated rings. The molecule has 1 aromatic rings. The van der Waals surface area contributed by atoms with Gasteiger partial charge in [0.1, 0.15) is 4.90 Å². The van der Waals surface area contributed by atoms with Crippen molar-refractivity contribution in [2.24, 2.45) is 0 Å². The van der Waals surface area contributed by atoms with Gasteiger partial charge in [0.05, 0.1) is 29.1 Å². The number of hydrogen-bond acceptors (Lipinski definition) is 4. The second kappa shape index (κ2) is 6.03.